The predicted molar refractivity (Wildman–Crippen MR) is 105 cm³/mol. The lowest BCUT2D eigenvalue weighted by Crippen LogP contribution is -2.39. The smallest absolute Gasteiger partial charge is 0.328 e. The number of imidazole rings is 1. The first-order valence-corrected chi connectivity index (χ1v) is 8.69. The molecule has 3 aromatic rings. The van der Waals surface area contributed by atoms with Crippen molar-refractivity contribution in [1.29, 1.82) is 0 Å². The quantitative estimate of drug-likeness (QED) is 0.367. The maximum Gasteiger partial charge on any atom is 0.328 e. The number of carbonyl (C=O) groups excluding carboxylic acids is 3. The molecule has 0 unspecified atom stereocenters. The molecule has 1 atom stereocenters. The number of ketones is 1. The summed E-state index contributed by atoms with van der Waals surface area (Å²) in [6.45, 7) is 1.53. The Morgan fingerprint density at radius 2 is 1.90 bits per heavy atom. The van der Waals surface area contributed by atoms with Gasteiger partial charge in [-0.2, -0.15) is 0 Å². The number of aromatic nitrogens is 2. The molecule has 0 saturated heterocycles. The minimum absolute atomic E-state index is 0.182. The SMILES string of the molecule is COC(=O)[C@@H](C)NC(=O)c1ccn2c(C(=O)c3ccc(N)c(OC)c3)ncc2c1. The van der Waals surface area contributed by atoms with E-state index in [-0.39, 0.29) is 11.6 Å². The third-order valence-corrected chi connectivity index (χ3v) is 4.40. The monoisotopic (exact) mass is 396 g/mol. The predicted octanol–water partition coefficient (Wildman–Crippen LogP) is 1.45. The van der Waals surface area contributed by atoms with Gasteiger partial charge >= 0.3 is 5.97 Å². The van der Waals surface area contributed by atoms with Crippen LogP contribution in [0.3, 0.4) is 0 Å². The average molecular weight is 396 g/mol. The lowest BCUT2D eigenvalue weighted by Gasteiger charge is -2.11. The van der Waals surface area contributed by atoms with E-state index >= 15 is 0 Å². The molecule has 0 aliphatic carbocycles. The van der Waals surface area contributed by atoms with Crippen LogP contribution < -0.4 is 15.8 Å². The van der Waals surface area contributed by atoms with Crippen molar-refractivity contribution in [2.45, 2.75) is 13.0 Å². The second-order valence-corrected chi connectivity index (χ2v) is 6.30. The van der Waals surface area contributed by atoms with Crippen LogP contribution in [0.25, 0.3) is 5.52 Å². The number of ether oxygens (including phenoxy) is 2. The van der Waals surface area contributed by atoms with Crippen molar-refractivity contribution in [3.05, 3.63) is 59.7 Å². The molecule has 150 valence electrons. The molecule has 3 N–H and O–H groups in total. The molecule has 9 nitrogen and oxygen atoms in total. The molecule has 0 spiro atoms. The van der Waals surface area contributed by atoms with Crippen LogP contribution in [0.1, 0.15) is 33.5 Å². The van der Waals surface area contributed by atoms with Gasteiger partial charge in [0.15, 0.2) is 5.82 Å². The van der Waals surface area contributed by atoms with Crippen LogP contribution in [0.4, 0.5) is 5.69 Å². The van der Waals surface area contributed by atoms with Crippen LogP contribution in [0.5, 0.6) is 5.75 Å². The first kappa shape index (κ1) is 19.9. The lowest BCUT2D eigenvalue weighted by atomic mass is 10.1. The number of amides is 1. The van der Waals surface area contributed by atoms with E-state index in [9.17, 15) is 14.4 Å². The number of hydrogen-bond donors (Lipinski definition) is 2. The third-order valence-electron chi connectivity index (χ3n) is 4.40. The molecule has 2 aromatic heterocycles. The molecule has 29 heavy (non-hydrogen) atoms. The zero-order valence-electron chi connectivity index (χ0n) is 16.1. The molecule has 9 heteroatoms. The molecule has 3 rings (SSSR count). The van der Waals surface area contributed by atoms with Crippen molar-refractivity contribution in [3.63, 3.8) is 0 Å². The summed E-state index contributed by atoms with van der Waals surface area (Å²) in [6, 6.07) is 7.06. The summed E-state index contributed by atoms with van der Waals surface area (Å²) in [6.07, 6.45) is 3.06. The van der Waals surface area contributed by atoms with Gasteiger partial charge in [-0.1, -0.05) is 0 Å². The van der Waals surface area contributed by atoms with Crippen molar-refractivity contribution < 1.29 is 23.9 Å². The maximum absolute atomic E-state index is 12.9. The number of rotatable bonds is 6. The third kappa shape index (κ3) is 3.88. The molecule has 2 heterocycles. The average Bonchev–Trinajstić information content (AvgIpc) is 3.16. The number of anilines is 1. The van der Waals surface area contributed by atoms with Crippen LogP contribution in [-0.4, -0.2) is 47.3 Å². The van der Waals surface area contributed by atoms with Gasteiger partial charge in [-0.15, -0.1) is 0 Å². The fourth-order valence-corrected chi connectivity index (χ4v) is 2.81. The Morgan fingerprint density at radius 3 is 2.59 bits per heavy atom. The van der Waals surface area contributed by atoms with Crippen LogP contribution in [0.2, 0.25) is 0 Å². The summed E-state index contributed by atoms with van der Waals surface area (Å²) < 4.78 is 11.3. The summed E-state index contributed by atoms with van der Waals surface area (Å²) in [5.74, 6) is -0.727. The highest BCUT2D eigenvalue weighted by Gasteiger charge is 2.20. The molecule has 0 radical (unpaired) electrons. The van der Waals surface area contributed by atoms with Crippen LogP contribution in [0, 0.1) is 0 Å². The van der Waals surface area contributed by atoms with Crippen LogP contribution in [0.15, 0.2) is 42.7 Å². The highest BCUT2D eigenvalue weighted by atomic mass is 16.5. The number of methoxy groups -OCH3 is 2. The summed E-state index contributed by atoms with van der Waals surface area (Å²) in [7, 11) is 2.72. The van der Waals surface area contributed by atoms with E-state index in [1.807, 2.05) is 0 Å². The standard InChI is InChI=1S/C20H20N4O5/c1-11(20(27)29-3)23-19(26)13-6-7-24-14(8-13)10-22-18(24)17(25)12-4-5-15(21)16(9-12)28-2/h4-11H,21H2,1-3H3,(H,23,26)/t11-/m1/s1. The zero-order valence-corrected chi connectivity index (χ0v) is 16.1. The highest BCUT2D eigenvalue weighted by Crippen LogP contribution is 2.24. The van der Waals surface area contributed by atoms with E-state index in [1.54, 1.807) is 34.9 Å². The normalized spacial score (nSPS) is 11.7. The number of benzene rings is 1. The molecular weight excluding hydrogens is 376 g/mol. The Labute approximate surface area is 166 Å². The number of hydrogen-bond acceptors (Lipinski definition) is 7. The number of pyridine rings is 1. The van der Waals surface area contributed by atoms with Crippen molar-refractivity contribution in [3.8, 4) is 5.75 Å². The van der Waals surface area contributed by atoms with E-state index in [4.69, 9.17) is 10.5 Å². The fraction of sp³-hybridized carbons (Fsp3) is 0.200. The first-order valence-electron chi connectivity index (χ1n) is 8.69. The first-order chi connectivity index (χ1) is 13.8. The fourth-order valence-electron chi connectivity index (χ4n) is 2.81. The van der Waals surface area contributed by atoms with Gasteiger partial charge in [0, 0.05) is 17.3 Å². The Bertz CT molecular complexity index is 1110. The van der Waals surface area contributed by atoms with Crippen LogP contribution in [-0.2, 0) is 9.53 Å². The Kier molecular flexibility index (Phi) is 5.49. The summed E-state index contributed by atoms with van der Waals surface area (Å²) >= 11 is 0. The summed E-state index contributed by atoms with van der Waals surface area (Å²) in [5.41, 5.74) is 7.46. The van der Waals surface area contributed by atoms with E-state index in [0.29, 0.717) is 28.1 Å². The molecule has 1 amide bonds. The number of fused-ring (bicyclic) bond motifs is 1. The van der Waals surface area contributed by atoms with E-state index in [0.717, 1.165) is 0 Å². The van der Waals surface area contributed by atoms with Gasteiger partial charge < -0.3 is 20.5 Å². The number of carbonyl (C=O) groups is 3. The van der Waals surface area contributed by atoms with Gasteiger partial charge in [0.05, 0.1) is 31.6 Å². The minimum atomic E-state index is -0.786. The lowest BCUT2D eigenvalue weighted by molar-refractivity contribution is -0.142. The molecule has 0 bridgehead atoms. The Morgan fingerprint density at radius 1 is 1.14 bits per heavy atom. The molecule has 1 aromatic carbocycles. The number of nitrogens with one attached hydrogen (secondary N) is 1. The largest absolute Gasteiger partial charge is 0.495 e. The molecular formula is C20H20N4O5. The Balaban J connectivity index is 1.88. The molecule has 0 fully saturated rings. The second-order valence-electron chi connectivity index (χ2n) is 6.30. The van der Waals surface area contributed by atoms with Gasteiger partial charge in [0.1, 0.15) is 11.8 Å². The van der Waals surface area contributed by atoms with Gasteiger partial charge in [-0.25, -0.2) is 9.78 Å². The van der Waals surface area contributed by atoms with Gasteiger partial charge in [0.2, 0.25) is 5.78 Å². The van der Waals surface area contributed by atoms with E-state index in [1.165, 1.54) is 33.4 Å². The van der Waals surface area contributed by atoms with E-state index < -0.39 is 17.9 Å². The molecule has 0 aliphatic heterocycles. The minimum Gasteiger partial charge on any atom is -0.495 e. The van der Waals surface area contributed by atoms with Gasteiger partial charge in [0.25, 0.3) is 5.91 Å². The molecule has 0 saturated carbocycles. The van der Waals surface area contributed by atoms with Gasteiger partial charge in [-0.05, 0) is 37.3 Å². The van der Waals surface area contributed by atoms with Crippen molar-refractivity contribution in [2.24, 2.45) is 0 Å². The van der Waals surface area contributed by atoms with Gasteiger partial charge in [-0.3, -0.25) is 14.0 Å². The van der Waals surface area contributed by atoms with Crippen LogP contribution >= 0.6 is 0 Å². The van der Waals surface area contributed by atoms with Crippen molar-refractivity contribution in [2.75, 3.05) is 20.0 Å². The number of nitrogen functional groups attached to an aromatic ring is 1. The Hall–Kier alpha value is -3.88. The second kappa shape index (κ2) is 8.01. The summed E-state index contributed by atoms with van der Waals surface area (Å²) in [5, 5.41) is 2.55. The topological polar surface area (TPSA) is 125 Å². The number of nitrogens with zero attached hydrogens (tertiary/aromatic N) is 2. The zero-order chi connectivity index (χ0) is 21.1. The maximum atomic E-state index is 12.9. The van der Waals surface area contributed by atoms with E-state index in [2.05, 4.69) is 15.0 Å². The van der Waals surface area contributed by atoms with Crippen molar-refractivity contribution in [1.82, 2.24) is 14.7 Å². The summed E-state index contributed by atoms with van der Waals surface area (Å²) in [4.78, 5) is 40.9. The molecule has 0 aliphatic rings. The van der Waals surface area contributed by atoms with Crippen molar-refractivity contribution >= 4 is 28.9 Å². The number of nitrogens with two attached hydrogens (primary N) is 1. The number of esters is 1. The highest BCUT2D eigenvalue weighted by molar-refractivity contribution is 6.08.